The Bertz CT molecular complexity index is 1040. The molecule has 0 fully saturated rings. The smallest absolute Gasteiger partial charge is 0.322 e. The summed E-state index contributed by atoms with van der Waals surface area (Å²) in [6, 6.07) is 21.6. The topological polar surface area (TPSA) is 52.7 Å². The third kappa shape index (κ3) is 7.65. The van der Waals surface area contributed by atoms with Crippen LogP contribution in [0.3, 0.4) is 0 Å². The van der Waals surface area contributed by atoms with Crippen LogP contribution in [0, 0.1) is 6.92 Å². The van der Waals surface area contributed by atoms with Gasteiger partial charge in [0.15, 0.2) is 0 Å². The summed E-state index contributed by atoms with van der Waals surface area (Å²) in [5.74, 6) is -0.0637. The van der Waals surface area contributed by atoms with Crippen LogP contribution in [-0.2, 0) is 17.9 Å². The molecule has 3 rings (SSSR count). The molecule has 7 heteroatoms. The van der Waals surface area contributed by atoms with E-state index < -0.39 is 0 Å². The van der Waals surface area contributed by atoms with Crippen LogP contribution in [0.25, 0.3) is 0 Å². The second-order valence-corrected chi connectivity index (χ2v) is 10.1. The van der Waals surface area contributed by atoms with Crippen LogP contribution in [0.5, 0.6) is 0 Å². The first-order chi connectivity index (χ1) is 16.0. The molecule has 1 aromatic heterocycles. The molecule has 0 radical (unpaired) electrons. The van der Waals surface area contributed by atoms with Crippen LogP contribution in [0.15, 0.2) is 71.6 Å². The lowest BCUT2D eigenvalue weighted by molar-refractivity contribution is -0.133. The van der Waals surface area contributed by atoms with Gasteiger partial charge in [-0.3, -0.25) is 4.79 Å². The Hall–Kier alpha value is -2.77. The van der Waals surface area contributed by atoms with E-state index >= 15 is 0 Å². The van der Waals surface area contributed by atoms with Gasteiger partial charge in [0.1, 0.15) is 6.54 Å². The molecule has 0 unspecified atom stereocenters. The van der Waals surface area contributed by atoms with Gasteiger partial charge in [0.25, 0.3) is 0 Å². The van der Waals surface area contributed by atoms with E-state index in [1.165, 1.54) is 4.88 Å². The first kappa shape index (κ1) is 24.9. The Balaban J connectivity index is 1.72. The number of benzene rings is 2. The van der Waals surface area contributed by atoms with Crippen molar-refractivity contribution in [2.45, 2.75) is 38.3 Å². The lowest BCUT2D eigenvalue weighted by Gasteiger charge is -2.27. The summed E-state index contributed by atoms with van der Waals surface area (Å²) in [4.78, 5) is 33.3. The highest BCUT2D eigenvalue weighted by Crippen LogP contribution is 2.20. The molecule has 3 aromatic rings. The van der Waals surface area contributed by atoms with Gasteiger partial charge in [-0.15, -0.1) is 23.1 Å². The number of nitrogens with zero attached hydrogens (tertiary/aromatic N) is 2. The zero-order valence-electron chi connectivity index (χ0n) is 19.4. The number of amides is 3. The molecule has 5 nitrogen and oxygen atoms in total. The molecule has 0 atom stereocenters. The number of hydrogen-bond donors (Lipinski definition) is 1. The largest absolute Gasteiger partial charge is 0.332 e. The molecular formula is C26H31N3O2S2. The summed E-state index contributed by atoms with van der Waals surface area (Å²) in [5, 5.41) is 2.93. The van der Waals surface area contributed by atoms with E-state index in [0.29, 0.717) is 19.6 Å². The molecule has 0 saturated carbocycles. The van der Waals surface area contributed by atoms with Crippen LogP contribution in [0.2, 0.25) is 0 Å². The highest BCUT2D eigenvalue weighted by atomic mass is 32.2. The van der Waals surface area contributed by atoms with Crippen molar-refractivity contribution in [1.29, 1.82) is 0 Å². The molecule has 2 aromatic carbocycles. The first-order valence-corrected chi connectivity index (χ1v) is 13.1. The number of carbonyl (C=O) groups is 2. The number of urea groups is 1. The summed E-state index contributed by atoms with van der Waals surface area (Å²) < 4.78 is 0. The molecule has 0 spiro atoms. The van der Waals surface area contributed by atoms with Crippen molar-refractivity contribution in [1.82, 2.24) is 9.80 Å². The molecule has 0 aliphatic rings. The Morgan fingerprint density at radius 1 is 0.939 bits per heavy atom. The third-order valence-corrected chi connectivity index (χ3v) is 6.89. The molecule has 0 saturated heterocycles. The summed E-state index contributed by atoms with van der Waals surface area (Å²) in [5.41, 5.74) is 1.79. The number of hydrogen-bond acceptors (Lipinski definition) is 4. The Labute approximate surface area is 204 Å². The maximum absolute atomic E-state index is 13.4. The second-order valence-electron chi connectivity index (χ2n) is 7.83. The molecular weight excluding hydrogens is 450 g/mol. The van der Waals surface area contributed by atoms with Crippen LogP contribution in [0.1, 0.15) is 28.7 Å². The summed E-state index contributed by atoms with van der Waals surface area (Å²) in [6.45, 7) is 5.67. The maximum atomic E-state index is 13.4. The van der Waals surface area contributed by atoms with E-state index in [-0.39, 0.29) is 18.5 Å². The van der Waals surface area contributed by atoms with E-state index in [2.05, 4.69) is 24.4 Å². The van der Waals surface area contributed by atoms with Crippen molar-refractivity contribution in [3.8, 4) is 0 Å². The van der Waals surface area contributed by atoms with Gasteiger partial charge in [0.2, 0.25) is 5.91 Å². The fraction of sp³-hybridized carbons (Fsp3) is 0.308. The molecule has 33 heavy (non-hydrogen) atoms. The normalized spacial score (nSPS) is 10.6. The number of thioether (sulfide) groups is 1. The van der Waals surface area contributed by atoms with Gasteiger partial charge in [0.05, 0.1) is 6.54 Å². The molecule has 174 valence electrons. The van der Waals surface area contributed by atoms with E-state index in [9.17, 15) is 9.59 Å². The number of anilines is 1. The van der Waals surface area contributed by atoms with Crippen LogP contribution in [-0.4, -0.2) is 41.1 Å². The fourth-order valence-electron chi connectivity index (χ4n) is 3.46. The van der Waals surface area contributed by atoms with Crippen LogP contribution < -0.4 is 5.32 Å². The van der Waals surface area contributed by atoms with Crippen molar-refractivity contribution >= 4 is 40.7 Å². The fourth-order valence-corrected chi connectivity index (χ4v) is 4.77. The van der Waals surface area contributed by atoms with E-state index in [0.717, 1.165) is 27.4 Å². The average molecular weight is 482 g/mol. The minimum Gasteiger partial charge on any atom is -0.332 e. The van der Waals surface area contributed by atoms with Gasteiger partial charge >= 0.3 is 6.03 Å². The zero-order chi connectivity index (χ0) is 23.6. The average Bonchev–Trinajstić information content (AvgIpc) is 3.24. The molecule has 3 amide bonds. The van der Waals surface area contributed by atoms with Crippen molar-refractivity contribution in [3.63, 3.8) is 0 Å². The van der Waals surface area contributed by atoms with Crippen molar-refractivity contribution < 1.29 is 9.59 Å². The zero-order valence-corrected chi connectivity index (χ0v) is 21.0. The minimum atomic E-state index is -0.256. The van der Waals surface area contributed by atoms with Crippen molar-refractivity contribution in [2.75, 3.05) is 24.7 Å². The number of aryl methyl sites for hydroxylation is 1. The number of rotatable bonds is 10. The van der Waals surface area contributed by atoms with Crippen molar-refractivity contribution in [3.05, 3.63) is 82.0 Å². The van der Waals surface area contributed by atoms with E-state index in [1.54, 1.807) is 28.0 Å². The highest BCUT2D eigenvalue weighted by Gasteiger charge is 2.22. The van der Waals surface area contributed by atoms with Crippen LogP contribution >= 0.6 is 23.1 Å². The third-order valence-electron chi connectivity index (χ3n) is 5.16. The summed E-state index contributed by atoms with van der Waals surface area (Å²) >= 11 is 3.35. The predicted molar refractivity (Wildman–Crippen MR) is 139 cm³/mol. The minimum absolute atomic E-state index is 0.0414. The monoisotopic (exact) mass is 481 g/mol. The second kappa shape index (κ2) is 12.5. The lowest BCUT2D eigenvalue weighted by Crippen LogP contribution is -2.44. The van der Waals surface area contributed by atoms with Gasteiger partial charge in [-0.25, -0.2) is 4.79 Å². The van der Waals surface area contributed by atoms with Gasteiger partial charge in [-0.05, 0) is 61.6 Å². The predicted octanol–water partition coefficient (Wildman–Crippen LogP) is 6.25. The Morgan fingerprint density at radius 2 is 1.67 bits per heavy atom. The quantitative estimate of drug-likeness (QED) is 0.348. The number of nitrogens with one attached hydrogen (secondary N) is 1. The maximum Gasteiger partial charge on any atom is 0.322 e. The Morgan fingerprint density at radius 3 is 2.27 bits per heavy atom. The van der Waals surface area contributed by atoms with Gasteiger partial charge in [-0.2, -0.15) is 0 Å². The van der Waals surface area contributed by atoms with Gasteiger partial charge in [-0.1, -0.05) is 37.3 Å². The molecule has 0 aliphatic carbocycles. The van der Waals surface area contributed by atoms with Gasteiger partial charge < -0.3 is 15.1 Å². The SMILES string of the molecule is CCCN(CC(=O)N(Cc1ccccc1)Cc1ccc(C)s1)C(=O)Nc1ccc(SC)cc1. The van der Waals surface area contributed by atoms with Crippen molar-refractivity contribution in [2.24, 2.45) is 0 Å². The van der Waals surface area contributed by atoms with Crippen LogP contribution in [0.4, 0.5) is 10.5 Å². The molecule has 1 heterocycles. The van der Waals surface area contributed by atoms with E-state index in [4.69, 9.17) is 0 Å². The summed E-state index contributed by atoms with van der Waals surface area (Å²) in [6.07, 6.45) is 2.79. The molecule has 0 bridgehead atoms. The molecule has 1 N–H and O–H groups in total. The lowest BCUT2D eigenvalue weighted by atomic mass is 10.2. The number of thiophene rings is 1. The number of carbonyl (C=O) groups excluding carboxylic acids is 2. The van der Waals surface area contributed by atoms with E-state index in [1.807, 2.05) is 72.7 Å². The first-order valence-electron chi connectivity index (χ1n) is 11.1. The summed E-state index contributed by atoms with van der Waals surface area (Å²) in [7, 11) is 0. The van der Waals surface area contributed by atoms with Gasteiger partial charge in [0, 0.05) is 33.4 Å². The highest BCUT2D eigenvalue weighted by molar-refractivity contribution is 7.98. The Kier molecular flexibility index (Phi) is 9.39. The molecule has 0 aliphatic heterocycles. The standard InChI is InChI=1S/C26H31N3O2S2/c1-4-16-28(26(31)27-22-11-14-23(32-3)15-12-22)19-25(30)29(17-21-8-6-5-7-9-21)18-24-13-10-20(2)33-24/h5-15H,4,16-19H2,1-3H3,(H,27,31).